The molecule has 0 amide bonds. The van der Waals surface area contributed by atoms with E-state index in [0.717, 1.165) is 0 Å². The molecule has 3 atom stereocenters. The molecule has 7 heteroatoms. The van der Waals surface area contributed by atoms with Crippen LogP contribution >= 0.6 is 11.6 Å². The van der Waals surface area contributed by atoms with Gasteiger partial charge in [0.25, 0.3) is 0 Å². The summed E-state index contributed by atoms with van der Waals surface area (Å²) in [5, 5.41) is -0.362. The summed E-state index contributed by atoms with van der Waals surface area (Å²) in [6, 6.07) is 6.88. The SMILES string of the molecule is CCOC(=O)[C@@]1(CN)[C@@H](c2cccc(Cl)c2)[C@@H]1S(=O)(=O)CC. The van der Waals surface area contributed by atoms with Gasteiger partial charge in [0.15, 0.2) is 9.84 Å². The van der Waals surface area contributed by atoms with Gasteiger partial charge in [0.1, 0.15) is 5.41 Å². The first-order valence-corrected chi connectivity index (χ1v) is 9.28. The maximum atomic E-state index is 12.4. The number of ether oxygens (including phenoxy) is 1. The minimum atomic E-state index is -3.44. The Bertz CT molecular complexity index is 676. The lowest BCUT2D eigenvalue weighted by atomic mass is 9.99. The van der Waals surface area contributed by atoms with Crippen molar-refractivity contribution in [2.24, 2.45) is 11.1 Å². The van der Waals surface area contributed by atoms with Gasteiger partial charge < -0.3 is 10.5 Å². The molecule has 0 saturated heterocycles. The molecule has 0 unspecified atom stereocenters. The molecule has 2 N–H and O–H groups in total. The molecule has 0 aromatic heterocycles. The van der Waals surface area contributed by atoms with Gasteiger partial charge in [-0.15, -0.1) is 0 Å². The first-order chi connectivity index (χ1) is 10.3. The Labute approximate surface area is 135 Å². The Morgan fingerprint density at radius 1 is 1.41 bits per heavy atom. The zero-order chi connectivity index (χ0) is 16.5. The molecule has 0 spiro atoms. The van der Waals surface area contributed by atoms with Crippen LogP contribution in [0, 0.1) is 5.41 Å². The topological polar surface area (TPSA) is 86.5 Å². The summed E-state index contributed by atoms with van der Waals surface area (Å²) in [4.78, 5) is 12.4. The van der Waals surface area contributed by atoms with Crippen LogP contribution in [-0.4, -0.2) is 38.5 Å². The summed E-state index contributed by atoms with van der Waals surface area (Å²) in [7, 11) is -3.44. The van der Waals surface area contributed by atoms with Gasteiger partial charge in [-0.2, -0.15) is 0 Å². The molecule has 5 nitrogen and oxygen atoms in total. The van der Waals surface area contributed by atoms with Gasteiger partial charge in [-0.05, 0) is 24.6 Å². The van der Waals surface area contributed by atoms with Crippen molar-refractivity contribution in [3.8, 4) is 0 Å². The van der Waals surface area contributed by atoms with Gasteiger partial charge in [0.2, 0.25) is 0 Å². The quantitative estimate of drug-likeness (QED) is 0.794. The number of sulfone groups is 1. The molecule has 2 rings (SSSR count). The lowest BCUT2D eigenvalue weighted by Gasteiger charge is -2.14. The van der Waals surface area contributed by atoms with Crippen LogP contribution in [0.2, 0.25) is 5.02 Å². The first kappa shape index (κ1) is 17.2. The Morgan fingerprint density at radius 2 is 2.09 bits per heavy atom. The van der Waals surface area contributed by atoms with Crippen LogP contribution in [0.5, 0.6) is 0 Å². The maximum Gasteiger partial charge on any atom is 0.315 e. The molecule has 1 aliphatic rings. The van der Waals surface area contributed by atoms with E-state index in [1.807, 2.05) is 0 Å². The molecule has 1 aromatic rings. The van der Waals surface area contributed by atoms with Crippen molar-refractivity contribution in [3.05, 3.63) is 34.9 Å². The average molecular weight is 346 g/mol. The minimum absolute atomic E-state index is 0.0457. The van der Waals surface area contributed by atoms with Gasteiger partial charge in [-0.1, -0.05) is 30.7 Å². The summed E-state index contributed by atoms with van der Waals surface area (Å²) < 4.78 is 29.9. The second-order valence-corrected chi connectivity index (χ2v) is 8.22. The number of carbonyl (C=O) groups is 1. The molecule has 1 fully saturated rings. The predicted octanol–water partition coefficient (Wildman–Crippen LogP) is 1.75. The van der Waals surface area contributed by atoms with Crippen molar-refractivity contribution >= 4 is 27.4 Å². The van der Waals surface area contributed by atoms with Crippen molar-refractivity contribution in [2.75, 3.05) is 18.9 Å². The van der Waals surface area contributed by atoms with E-state index in [2.05, 4.69) is 0 Å². The summed E-state index contributed by atoms with van der Waals surface area (Å²) in [5.74, 6) is -1.11. The zero-order valence-corrected chi connectivity index (χ0v) is 14.2. The summed E-state index contributed by atoms with van der Waals surface area (Å²) in [6.45, 7) is 3.35. The van der Waals surface area contributed by atoms with E-state index in [4.69, 9.17) is 22.1 Å². The van der Waals surface area contributed by atoms with Crippen LogP contribution in [0.1, 0.15) is 25.3 Å². The second kappa shape index (κ2) is 6.18. The van der Waals surface area contributed by atoms with Gasteiger partial charge in [0, 0.05) is 23.2 Å². The summed E-state index contributed by atoms with van der Waals surface area (Å²) >= 11 is 5.99. The molecule has 0 radical (unpaired) electrons. The molecule has 0 aliphatic heterocycles. The Balaban J connectivity index is 2.52. The number of hydrogen-bond donors (Lipinski definition) is 1. The van der Waals surface area contributed by atoms with Crippen LogP contribution in [0.4, 0.5) is 0 Å². The third kappa shape index (κ3) is 2.64. The van der Waals surface area contributed by atoms with E-state index in [0.29, 0.717) is 10.6 Å². The largest absolute Gasteiger partial charge is 0.465 e. The van der Waals surface area contributed by atoms with Crippen molar-refractivity contribution in [3.63, 3.8) is 0 Å². The Morgan fingerprint density at radius 3 is 2.59 bits per heavy atom. The predicted molar refractivity (Wildman–Crippen MR) is 85.6 cm³/mol. The highest BCUT2D eigenvalue weighted by atomic mass is 35.5. The van der Waals surface area contributed by atoms with E-state index >= 15 is 0 Å². The first-order valence-electron chi connectivity index (χ1n) is 7.19. The third-order valence-corrected chi connectivity index (χ3v) is 6.75. The van der Waals surface area contributed by atoms with Gasteiger partial charge in [-0.3, -0.25) is 4.79 Å². The standard InChI is InChI=1S/C15H20ClNO4S/c1-3-21-14(18)15(9-17)12(13(15)22(19,20)4-2)10-6-5-7-11(16)8-10/h5-8,12-13H,3-4,9,17H2,1-2H3/t12-,13-,15-/m0/s1. The molecule has 0 heterocycles. The fourth-order valence-corrected chi connectivity index (χ4v) is 5.39. The van der Waals surface area contributed by atoms with Gasteiger partial charge in [-0.25, -0.2) is 8.42 Å². The average Bonchev–Trinajstić information content (AvgIpc) is 3.19. The number of halogens is 1. The fourth-order valence-electron chi connectivity index (χ4n) is 3.12. The van der Waals surface area contributed by atoms with Crippen molar-refractivity contribution in [2.45, 2.75) is 25.0 Å². The Hall–Kier alpha value is -1.11. The molecule has 1 aliphatic carbocycles. The molecule has 0 bridgehead atoms. The summed E-state index contributed by atoms with van der Waals surface area (Å²) in [6.07, 6.45) is 0. The highest BCUT2D eigenvalue weighted by molar-refractivity contribution is 7.92. The number of rotatable bonds is 6. The van der Waals surface area contributed by atoms with Crippen LogP contribution < -0.4 is 5.73 Å². The normalized spacial score (nSPS) is 27.5. The molecule has 1 aromatic carbocycles. The van der Waals surface area contributed by atoms with Crippen molar-refractivity contribution in [1.29, 1.82) is 0 Å². The van der Waals surface area contributed by atoms with Crippen LogP contribution in [0.25, 0.3) is 0 Å². The number of hydrogen-bond acceptors (Lipinski definition) is 5. The highest BCUT2D eigenvalue weighted by Gasteiger charge is 2.75. The molecular weight excluding hydrogens is 326 g/mol. The van der Waals surface area contributed by atoms with Gasteiger partial charge in [0.05, 0.1) is 11.9 Å². The number of carbonyl (C=O) groups excluding carboxylic acids is 1. The zero-order valence-electron chi connectivity index (χ0n) is 12.6. The monoisotopic (exact) mass is 345 g/mol. The number of benzene rings is 1. The highest BCUT2D eigenvalue weighted by Crippen LogP contribution is 2.63. The fraction of sp³-hybridized carbons (Fsp3) is 0.533. The lowest BCUT2D eigenvalue weighted by molar-refractivity contribution is -0.149. The van der Waals surface area contributed by atoms with E-state index < -0.39 is 32.4 Å². The maximum absolute atomic E-state index is 12.4. The van der Waals surface area contributed by atoms with Crippen molar-refractivity contribution < 1.29 is 17.9 Å². The number of nitrogens with two attached hydrogens (primary N) is 1. The van der Waals surface area contributed by atoms with Crippen molar-refractivity contribution in [1.82, 2.24) is 0 Å². The van der Waals surface area contributed by atoms with Crippen LogP contribution in [0.15, 0.2) is 24.3 Å². The van der Waals surface area contributed by atoms with E-state index in [1.165, 1.54) is 0 Å². The minimum Gasteiger partial charge on any atom is -0.465 e. The Kier molecular flexibility index (Phi) is 4.84. The summed E-state index contributed by atoms with van der Waals surface area (Å²) in [5.41, 5.74) is 5.30. The second-order valence-electron chi connectivity index (χ2n) is 5.37. The van der Waals surface area contributed by atoms with Crippen LogP contribution in [-0.2, 0) is 19.4 Å². The van der Waals surface area contributed by atoms with E-state index in [-0.39, 0.29) is 18.9 Å². The van der Waals surface area contributed by atoms with E-state index in [9.17, 15) is 13.2 Å². The molecule has 1 saturated carbocycles. The lowest BCUT2D eigenvalue weighted by Crippen LogP contribution is -2.34. The van der Waals surface area contributed by atoms with Crippen LogP contribution in [0.3, 0.4) is 0 Å². The van der Waals surface area contributed by atoms with E-state index in [1.54, 1.807) is 38.1 Å². The molecule has 22 heavy (non-hydrogen) atoms. The molecule has 122 valence electrons. The third-order valence-electron chi connectivity index (χ3n) is 4.25. The van der Waals surface area contributed by atoms with Gasteiger partial charge >= 0.3 is 5.97 Å². The smallest absolute Gasteiger partial charge is 0.315 e. The molecular formula is C15H20ClNO4S. The number of esters is 1.